The molecular formula is C10H9NOS. The number of nitrogens with zero attached hydrogens (tertiary/aromatic N) is 1. The van der Waals surface area contributed by atoms with Gasteiger partial charge >= 0.3 is 0 Å². The minimum Gasteiger partial charge on any atom is -0.211 e. The standard InChI is InChI=1S/C10H9NOS/c1-9(11-8-12)7-13-10-5-3-2-4-6-10/h2-7H,1H3/b9-7-. The molecule has 0 aromatic heterocycles. The third kappa shape index (κ3) is 3.74. The normalized spacial score (nSPS) is 10.7. The fourth-order valence-corrected chi connectivity index (χ4v) is 1.42. The molecule has 0 saturated carbocycles. The Morgan fingerprint density at radius 3 is 2.77 bits per heavy atom. The molecule has 13 heavy (non-hydrogen) atoms. The predicted octanol–water partition coefficient (Wildman–Crippen LogP) is 2.98. The van der Waals surface area contributed by atoms with E-state index in [0.29, 0.717) is 5.70 Å². The summed E-state index contributed by atoms with van der Waals surface area (Å²) < 4.78 is 0. The fourth-order valence-electron chi connectivity index (χ4n) is 0.751. The van der Waals surface area contributed by atoms with E-state index in [1.165, 1.54) is 17.8 Å². The van der Waals surface area contributed by atoms with Crippen molar-refractivity contribution in [1.82, 2.24) is 0 Å². The number of thioether (sulfide) groups is 1. The van der Waals surface area contributed by atoms with Crippen LogP contribution in [0.5, 0.6) is 0 Å². The first kappa shape index (κ1) is 9.78. The number of hydrogen-bond donors (Lipinski definition) is 0. The van der Waals surface area contributed by atoms with Gasteiger partial charge < -0.3 is 0 Å². The van der Waals surface area contributed by atoms with Crippen molar-refractivity contribution in [2.75, 3.05) is 0 Å². The van der Waals surface area contributed by atoms with E-state index in [-0.39, 0.29) is 0 Å². The summed E-state index contributed by atoms with van der Waals surface area (Å²) in [5.74, 6) is 0. The molecule has 0 radical (unpaired) electrons. The number of isocyanates is 1. The van der Waals surface area contributed by atoms with Gasteiger partial charge in [0.1, 0.15) is 0 Å². The molecule has 0 amide bonds. The predicted molar refractivity (Wildman–Crippen MR) is 54.2 cm³/mol. The number of aliphatic imine (C=N–C) groups is 1. The van der Waals surface area contributed by atoms with Crippen LogP contribution in [-0.2, 0) is 4.79 Å². The topological polar surface area (TPSA) is 29.4 Å². The zero-order valence-corrected chi connectivity index (χ0v) is 8.04. The summed E-state index contributed by atoms with van der Waals surface area (Å²) in [7, 11) is 0. The Hall–Kier alpha value is -1.31. The van der Waals surface area contributed by atoms with E-state index in [9.17, 15) is 4.79 Å². The summed E-state index contributed by atoms with van der Waals surface area (Å²) in [5.41, 5.74) is 0.670. The summed E-state index contributed by atoms with van der Waals surface area (Å²) >= 11 is 1.53. The number of allylic oxidation sites excluding steroid dienone is 1. The summed E-state index contributed by atoms with van der Waals surface area (Å²) in [6.07, 6.45) is 1.50. The molecule has 66 valence electrons. The van der Waals surface area contributed by atoms with Gasteiger partial charge in [-0.1, -0.05) is 30.0 Å². The van der Waals surface area contributed by atoms with Crippen LogP contribution in [-0.4, -0.2) is 6.08 Å². The summed E-state index contributed by atoms with van der Waals surface area (Å²) in [6.45, 7) is 1.76. The van der Waals surface area contributed by atoms with Gasteiger partial charge in [0.05, 0.1) is 5.70 Å². The molecule has 0 aliphatic heterocycles. The van der Waals surface area contributed by atoms with Crippen LogP contribution in [0.15, 0.2) is 51.3 Å². The average molecular weight is 191 g/mol. The van der Waals surface area contributed by atoms with Crippen molar-refractivity contribution < 1.29 is 4.79 Å². The van der Waals surface area contributed by atoms with Crippen molar-refractivity contribution in [3.8, 4) is 0 Å². The van der Waals surface area contributed by atoms with Gasteiger partial charge in [0.25, 0.3) is 0 Å². The molecular weight excluding hydrogens is 182 g/mol. The van der Waals surface area contributed by atoms with Gasteiger partial charge in [-0.05, 0) is 24.5 Å². The van der Waals surface area contributed by atoms with Gasteiger partial charge in [-0.25, -0.2) is 4.79 Å². The van der Waals surface area contributed by atoms with Crippen LogP contribution in [0.1, 0.15) is 6.92 Å². The second kappa shape index (κ2) is 5.36. The van der Waals surface area contributed by atoms with E-state index >= 15 is 0 Å². The lowest BCUT2D eigenvalue weighted by Crippen LogP contribution is -1.68. The first-order valence-corrected chi connectivity index (χ1v) is 4.67. The minimum atomic E-state index is 0.670. The minimum absolute atomic E-state index is 0.670. The zero-order chi connectivity index (χ0) is 9.52. The summed E-state index contributed by atoms with van der Waals surface area (Å²) in [6, 6.07) is 9.89. The second-order valence-electron chi connectivity index (χ2n) is 2.39. The van der Waals surface area contributed by atoms with Crippen LogP contribution in [0.4, 0.5) is 0 Å². The Kier molecular flexibility index (Phi) is 4.03. The van der Waals surface area contributed by atoms with E-state index in [1.807, 2.05) is 35.7 Å². The lowest BCUT2D eigenvalue weighted by Gasteiger charge is -1.93. The monoisotopic (exact) mass is 191 g/mol. The molecule has 0 heterocycles. The SMILES string of the molecule is C/C(=C/Sc1ccccc1)N=C=O. The number of hydrogen-bond acceptors (Lipinski definition) is 3. The van der Waals surface area contributed by atoms with E-state index in [0.717, 1.165) is 4.90 Å². The highest BCUT2D eigenvalue weighted by Gasteiger charge is 1.88. The largest absolute Gasteiger partial charge is 0.240 e. The van der Waals surface area contributed by atoms with Crippen LogP contribution in [0.2, 0.25) is 0 Å². The Labute approximate surface area is 81.4 Å². The van der Waals surface area contributed by atoms with Crippen LogP contribution in [0.3, 0.4) is 0 Å². The van der Waals surface area contributed by atoms with Gasteiger partial charge in [0.15, 0.2) is 0 Å². The average Bonchev–Trinajstić information content (AvgIpc) is 2.17. The highest BCUT2D eigenvalue weighted by molar-refractivity contribution is 8.02. The van der Waals surface area contributed by atoms with Crippen LogP contribution in [0, 0.1) is 0 Å². The number of benzene rings is 1. The Bertz CT molecular complexity index is 339. The number of carbonyl (C=O) groups excluding carboxylic acids is 1. The van der Waals surface area contributed by atoms with E-state index in [1.54, 1.807) is 6.92 Å². The lowest BCUT2D eigenvalue weighted by atomic mass is 10.4. The molecule has 0 fully saturated rings. The van der Waals surface area contributed by atoms with Crippen molar-refractivity contribution >= 4 is 17.8 Å². The second-order valence-corrected chi connectivity index (χ2v) is 3.34. The van der Waals surface area contributed by atoms with Crippen LogP contribution >= 0.6 is 11.8 Å². The molecule has 0 N–H and O–H groups in total. The highest BCUT2D eigenvalue weighted by atomic mass is 32.2. The molecule has 1 rings (SSSR count). The van der Waals surface area contributed by atoms with E-state index in [2.05, 4.69) is 4.99 Å². The van der Waals surface area contributed by atoms with E-state index in [4.69, 9.17) is 0 Å². The Morgan fingerprint density at radius 1 is 1.46 bits per heavy atom. The molecule has 0 bridgehead atoms. The molecule has 1 aromatic carbocycles. The smallest absolute Gasteiger partial charge is 0.211 e. The molecule has 0 spiro atoms. The Morgan fingerprint density at radius 2 is 2.15 bits per heavy atom. The fraction of sp³-hybridized carbons (Fsp3) is 0.100. The van der Waals surface area contributed by atoms with Gasteiger partial charge in [-0.2, -0.15) is 4.99 Å². The molecule has 3 heteroatoms. The van der Waals surface area contributed by atoms with Gasteiger partial charge in [-0.15, -0.1) is 0 Å². The van der Waals surface area contributed by atoms with Gasteiger partial charge in [-0.3, -0.25) is 0 Å². The van der Waals surface area contributed by atoms with Crippen molar-refractivity contribution in [2.24, 2.45) is 4.99 Å². The first-order valence-electron chi connectivity index (χ1n) is 3.79. The van der Waals surface area contributed by atoms with Crippen molar-refractivity contribution in [3.63, 3.8) is 0 Å². The maximum Gasteiger partial charge on any atom is 0.240 e. The van der Waals surface area contributed by atoms with Crippen molar-refractivity contribution in [3.05, 3.63) is 41.4 Å². The van der Waals surface area contributed by atoms with Crippen molar-refractivity contribution in [1.29, 1.82) is 0 Å². The van der Waals surface area contributed by atoms with Crippen LogP contribution < -0.4 is 0 Å². The maximum atomic E-state index is 9.88. The molecule has 0 aliphatic rings. The molecule has 1 aromatic rings. The zero-order valence-electron chi connectivity index (χ0n) is 7.23. The quantitative estimate of drug-likeness (QED) is 0.417. The molecule has 2 nitrogen and oxygen atoms in total. The van der Waals surface area contributed by atoms with E-state index < -0.39 is 0 Å². The maximum absolute atomic E-state index is 9.88. The molecule has 0 unspecified atom stereocenters. The Balaban J connectivity index is 2.61. The van der Waals surface area contributed by atoms with Crippen LogP contribution in [0.25, 0.3) is 0 Å². The molecule has 0 saturated heterocycles. The first-order chi connectivity index (χ1) is 6.33. The van der Waals surface area contributed by atoms with Gasteiger partial charge in [0.2, 0.25) is 6.08 Å². The summed E-state index contributed by atoms with van der Waals surface area (Å²) in [5, 5.41) is 1.82. The highest BCUT2D eigenvalue weighted by Crippen LogP contribution is 2.19. The van der Waals surface area contributed by atoms with Crippen molar-refractivity contribution in [2.45, 2.75) is 11.8 Å². The third-order valence-electron chi connectivity index (χ3n) is 1.33. The summed E-state index contributed by atoms with van der Waals surface area (Å²) in [4.78, 5) is 14.5. The third-order valence-corrected chi connectivity index (χ3v) is 2.33. The molecule has 0 aliphatic carbocycles. The molecule has 0 atom stereocenters. The number of rotatable bonds is 3. The lowest BCUT2D eigenvalue weighted by molar-refractivity contribution is 0.564. The van der Waals surface area contributed by atoms with Gasteiger partial charge in [0, 0.05) is 4.90 Å².